The van der Waals surface area contributed by atoms with Crippen molar-refractivity contribution < 1.29 is 5.11 Å². The highest BCUT2D eigenvalue weighted by atomic mass is 16.3. The van der Waals surface area contributed by atoms with Gasteiger partial charge in [0, 0.05) is 12.0 Å². The molecule has 0 spiro atoms. The summed E-state index contributed by atoms with van der Waals surface area (Å²) in [7, 11) is 1.98. The number of phenols is 1. The third-order valence-corrected chi connectivity index (χ3v) is 3.25. The van der Waals surface area contributed by atoms with E-state index in [2.05, 4.69) is 11.4 Å². The van der Waals surface area contributed by atoms with Crippen molar-refractivity contribution in [2.75, 3.05) is 13.6 Å². The molecule has 0 atom stereocenters. The Labute approximate surface area is 85.0 Å². The van der Waals surface area contributed by atoms with Gasteiger partial charge in [-0.05, 0) is 44.0 Å². The monoisotopic (exact) mass is 191 g/mol. The highest BCUT2D eigenvalue weighted by molar-refractivity contribution is 5.45. The molecule has 2 rings (SSSR count). The number of nitrogens with one attached hydrogen (secondary N) is 1. The third kappa shape index (κ3) is 1.40. The quantitative estimate of drug-likeness (QED) is 0.765. The fourth-order valence-electron chi connectivity index (χ4n) is 2.23. The van der Waals surface area contributed by atoms with Crippen molar-refractivity contribution in [3.63, 3.8) is 0 Å². The number of aromatic hydroxyl groups is 1. The second-order valence-corrected chi connectivity index (χ2v) is 4.26. The zero-order valence-corrected chi connectivity index (χ0v) is 8.80. The molecule has 0 bridgehead atoms. The molecule has 1 aliphatic carbocycles. The smallest absolute Gasteiger partial charge is 0.118 e. The fraction of sp³-hybridized carbons (Fsp3) is 0.500. The number of benzene rings is 1. The number of phenolic OH excluding ortho intramolecular Hbond substituents is 1. The number of hydrogen-bond donors (Lipinski definition) is 2. The van der Waals surface area contributed by atoms with Crippen molar-refractivity contribution in [3.05, 3.63) is 29.3 Å². The van der Waals surface area contributed by atoms with Gasteiger partial charge < -0.3 is 10.4 Å². The summed E-state index contributed by atoms with van der Waals surface area (Å²) in [6, 6.07) is 5.83. The highest BCUT2D eigenvalue weighted by Gasteiger charge is 2.44. The minimum absolute atomic E-state index is 0.303. The lowest BCUT2D eigenvalue weighted by Crippen LogP contribution is -2.24. The van der Waals surface area contributed by atoms with Crippen LogP contribution in [0, 0.1) is 6.92 Å². The van der Waals surface area contributed by atoms with E-state index in [1.807, 2.05) is 20.0 Å². The van der Waals surface area contributed by atoms with Crippen LogP contribution in [0.4, 0.5) is 0 Å². The molecule has 2 nitrogen and oxygen atoms in total. The van der Waals surface area contributed by atoms with Crippen LogP contribution in [-0.2, 0) is 5.41 Å². The molecule has 1 aliphatic rings. The summed E-state index contributed by atoms with van der Waals surface area (Å²) >= 11 is 0. The van der Waals surface area contributed by atoms with E-state index < -0.39 is 0 Å². The van der Waals surface area contributed by atoms with E-state index in [0.29, 0.717) is 11.2 Å². The maximum atomic E-state index is 9.64. The van der Waals surface area contributed by atoms with Gasteiger partial charge in [-0.3, -0.25) is 0 Å². The summed E-state index contributed by atoms with van der Waals surface area (Å²) in [4.78, 5) is 0. The van der Waals surface area contributed by atoms with Crippen molar-refractivity contribution in [2.45, 2.75) is 25.2 Å². The van der Waals surface area contributed by atoms with Gasteiger partial charge in [0.1, 0.15) is 5.75 Å². The van der Waals surface area contributed by atoms with E-state index in [4.69, 9.17) is 0 Å². The second kappa shape index (κ2) is 3.28. The Kier molecular flexibility index (Phi) is 2.23. The number of hydrogen-bond acceptors (Lipinski definition) is 2. The molecule has 0 amide bonds. The van der Waals surface area contributed by atoms with E-state index in [1.165, 1.54) is 18.4 Å². The van der Waals surface area contributed by atoms with Gasteiger partial charge in [-0.15, -0.1) is 0 Å². The third-order valence-electron chi connectivity index (χ3n) is 3.25. The SMILES string of the molecule is CNCC1(c2cccc(O)c2C)CC1. The fourth-order valence-corrected chi connectivity index (χ4v) is 2.23. The molecule has 0 saturated heterocycles. The Bertz CT molecular complexity index is 342. The van der Waals surface area contributed by atoms with Crippen LogP contribution >= 0.6 is 0 Å². The summed E-state index contributed by atoms with van der Waals surface area (Å²) in [5.41, 5.74) is 2.66. The maximum Gasteiger partial charge on any atom is 0.118 e. The average Bonchev–Trinajstić information content (AvgIpc) is 2.91. The predicted molar refractivity (Wildman–Crippen MR) is 57.7 cm³/mol. The van der Waals surface area contributed by atoms with Crippen molar-refractivity contribution in [3.8, 4) is 5.75 Å². The summed E-state index contributed by atoms with van der Waals surface area (Å²) < 4.78 is 0. The lowest BCUT2D eigenvalue weighted by Gasteiger charge is -2.18. The van der Waals surface area contributed by atoms with Crippen molar-refractivity contribution in [1.82, 2.24) is 5.32 Å². The van der Waals surface area contributed by atoms with Gasteiger partial charge in [0.2, 0.25) is 0 Å². The van der Waals surface area contributed by atoms with Crippen molar-refractivity contribution >= 4 is 0 Å². The van der Waals surface area contributed by atoms with Crippen LogP contribution in [0.2, 0.25) is 0 Å². The lowest BCUT2D eigenvalue weighted by molar-refractivity contribution is 0.468. The molecular weight excluding hydrogens is 174 g/mol. The van der Waals surface area contributed by atoms with E-state index in [1.54, 1.807) is 6.07 Å². The van der Waals surface area contributed by atoms with Crippen LogP contribution in [0.1, 0.15) is 24.0 Å². The first kappa shape index (κ1) is 9.53. The number of rotatable bonds is 3. The van der Waals surface area contributed by atoms with Gasteiger partial charge in [0.25, 0.3) is 0 Å². The molecule has 2 heteroatoms. The topological polar surface area (TPSA) is 32.3 Å². The molecule has 1 aromatic rings. The first-order chi connectivity index (χ1) is 6.69. The van der Waals surface area contributed by atoms with Gasteiger partial charge >= 0.3 is 0 Å². The zero-order chi connectivity index (χ0) is 10.2. The maximum absolute atomic E-state index is 9.64. The van der Waals surface area contributed by atoms with E-state index in [-0.39, 0.29) is 0 Å². The molecule has 0 aromatic heterocycles. The molecule has 1 aromatic carbocycles. The highest BCUT2D eigenvalue weighted by Crippen LogP contribution is 2.49. The van der Waals surface area contributed by atoms with Crippen LogP contribution in [0.25, 0.3) is 0 Å². The summed E-state index contributed by atoms with van der Waals surface area (Å²) in [6.07, 6.45) is 2.47. The van der Waals surface area contributed by atoms with Crippen LogP contribution < -0.4 is 5.32 Å². The van der Waals surface area contributed by atoms with Crippen LogP contribution in [0.5, 0.6) is 5.75 Å². The summed E-state index contributed by atoms with van der Waals surface area (Å²) in [5, 5.41) is 12.9. The minimum Gasteiger partial charge on any atom is -0.508 e. The Balaban J connectivity index is 2.37. The van der Waals surface area contributed by atoms with Gasteiger partial charge in [-0.2, -0.15) is 0 Å². The zero-order valence-electron chi connectivity index (χ0n) is 8.80. The molecule has 76 valence electrons. The summed E-state index contributed by atoms with van der Waals surface area (Å²) in [5.74, 6) is 0.421. The largest absolute Gasteiger partial charge is 0.508 e. The van der Waals surface area contributed by atoms with Crippen molar-refractivity contribution in [2.24, 2.45) is 0 Å². The molecule has 2 N–H and O–H groups in total. The first-order valence-corrected chi connectivity index (χ1v) is 5.13. The van der Waals surface area contributed by atoms with Crippen LogP contribution in [0.3, 0.4) is 0 Å². The van der Waals surface area contributed by atoms with Crippen molar-refractivity contribution in [1.29, 1.82) is 0 Å². The van der Waals surface area contributed by atoms with E-state index >= 15 is 0 Å². The average molecular weight is 191 g/mol. The Morgan fingerprint density at radius 1 is 1.43 bits per heavy atom. The van der Waals surface area contributed by atoms with Gasteiger partial charge in [0.15, 0.2) is 0 Å². The molecule has 0 unspecified atom stereocenters. The van der Waals surface area contributed by atoms with Crippen LogP contribution in [-0.4, -0.2) is 18.7 Å². The van der Waals surface area contributed by atoms with E-state index in [0.717, 1.165) is 12.1 Å². The molecule has 0 radical (unpaired) electrons. The Morgan fingerprint density at radius 3 is 2.71 bits per heavy atom. The minimum atomic E-state index is 0.303. The molecule has 0 heterocycles. The lowest BCUT2D eigenvalue weighted by atomic mass is 9.91. The normalized spacial score (nSPS) is 18.1. The Morgan fingerprint density at radius 2 is 2.14 bits per heavy atom. The van der Waals surface area contributed by atoms with Crippen LogP contribution in [0.15, 0.2) is 18.2 Å². The van der Waals surface area contributed by atoms with Gasteiger partial charge in [-0.25, -0.2) is 0 Å². The Hall–Kier alpha value is -1.02. The number of likely N-dealkylation sites (N-methyl/N-ethyl adjacent to an activating group) is 1. The molecule has 1 fully saturated rings. The second-order valence-electron chi connectivity index (χ2n) is 4.26. The van der Waals surface area contributed by atoms with Gasteiger partial charge in [0.05, 0.1) is 0 Å². The van der Waals surface area contributed by atoms with E-state index in [9.17, 15) is 5.11 Å². The standard InChI is InChI=1S/C12H17NO/c1-9-10(4-3-5-11(9)14)12(6-7-12)8-13-2/h3-5,13-14H,6-8H2,1-2H3. The predicted octanol–water partition coefficient (Wildman–Crippen LogP) is 1.95. The van der Waals surface area contributed by atoms with Gasteiger partial charge in [-0.1, -0.05) is 12.1 Å². The molecule has 0 aliphatic heterocycles. The molecule has 1 saturated carbocycles. The summed E-state index contributed by atoms with van der Waals surface area (Å²) in [6.45, 7) is 3.01. The molecular formula is C12H17NO. The first-order valence-electron chi connectivity index (χ1n) is 5.13. The molecule has 14 heavy (non-hydrogen) atoms.